The van der Waals surface area contributed by atoms with E-state index in [9.17, 15) is 9.59 Å². The second-order valence-electron chi connectivity index (χ2n) is 5.69. The molecule has 0 atom stereocenters. The van der Waals surface area contributed by atoms with E-state index in [1.54, 1.807) is 11.1 Å². The van der Waals surface area contributed by atoms with Crippen LogP contribution in [0.3, 0.4) is 0 Å². The van der Waals surface area contributed by atoms with Gasteiger partial charge in [0.15, 0.2) is 0 Å². The van der Waals surface area contributed by atoms with Crippen LogP contribution in [-0.4, -0.2) is 71.1 Å². The highest BCUT2D eigenvalue weighted by atomic mass is 16.5. The first-order chi connectivity index (χ1) is 11.2. The molecule has 0 bridgehead atoms. The molecule has 1 fully saturated rings. The molecule has 0 aromatic carbocycles. The fourth-order valence-corrected chi connectivity index (χ4v) is 2.86. The van der Waals surface area contributed by atoms with Crippen molar-refractivity contribution in [3.8, 4) is 0 Å². The van der Waals surface area contributed by atoms with E-state index >= 15 is 0 Å². The van der Waals surface area contributed by atoms with Crippen LogP contribution >= 0.6 is 0 Å². The maximum atomic E-state index is 12.4. The van der Waals surface area contributed by atoms with Crippen LogP contribution in [0.5, 0.6) is 0 Å². The lowest BCUT2D eigenvalue weighted by atomic mass is 10.3. The Morgan fingerprint density at radius 1 is 1.17 bits per heavy atom. The number of carbonyl (C=O) groups excluding carboxylic acids is 2. The van der Waals surface area contributed by atoms with Crippen molar-refractivity contribution >= 4 is 11.8 Å². The minimum atomic E-state index is -0.00666. The third-order valence-electron chi connectivity index (χ3n) is 4.15. The normalized spacial score (nSPS) is 15.6. The molecule has 23 heavy (non-hydrogen) atoms. The molecule has 2 heterocycles. The van der Waals surface area contributed by atoms with Crippen LogP contribution in [0.1, 0.15) is 25.6 Å². The monoisotopic (exact) mass is 322 g/mol. The topological polar surface area (TPSA) is 67.7 Å². The molecule has 0 aliphatic carbocycles. The summed E-state index contributed by atoms with van der Waals surface area (Å²) in [6.45, 7) is 5.39. The fraction of sp³-hybridized carbons (Fsp3) is 0.688. The number of amides is 2. The van der Waals surface area contributed by atoms with E-state index in [0.717, 1.165) is 18.7 Å². The van der Waals surface area contributed by atoms with Crippen LogP contribution in [-0.2, 0) is 27.3 Å². The summed E-state index contributed by atoms with van der Waals surface area (Å²) in [6.07, 6.45) is 5.83. The Bertz CT molecular complexity index is 529. The number of nitrogens with zero attached hydrogens (tertiary/aromatic N) is 4. The molecular weight excluding hydrogens is 296 g/mol. The zero-order chi connectivity index (χ0) is 16.7. The van der Waals surface area contributed by atoms with Gasteiger partial charge in [-0.25, -0.2) is 4.98 Å². The summed E-state index contributed by atoms with van der Waals surface area (Å²) >= 11 is 0. The van der Waals surface area contributed by atoms with Gasteiger partial charge in [-0.1, -0.05) is 6.92 Å². The van der Waals surface area contributed by atoms with Gasteiger partial charge in [-0.2, -0.15) is 0 Å². The summed E-state index contributed by atoms with van der Waals surface area (Å²) < 4.78 is 6.93. The van der Waals surface area contributed by atoms with Crippen molar-refractivity contribution in [3.63, 3.8) is 0 Å². The van der Waals surface area contributed by atoms with Gasteiger partial charge in [0.25, 0.3) is 0 Å². The minimum absolute atomic E-state index is 0.00666. The van der Waals surface area contributed by atoms with Gasteiger partial charge in [0.2, 0.25) is 11.8 Å². The molecule has 1 saturated heterocycles. The van der Waals surface area contributed by atoms with Crippen LogP contribution in [0.25, 0.3) is 0 Å². The highest BCUT2D eigenvalue weighted by molar-refractivity contribution is 5.78. The molecule has 0 unspecified atom stereocenters. The number of rotatable bonds is 6. The molecule has 1 aromatic rings. The molecule has 1 aromatic heterocycles. The molecular formula is C16H26N4O3. The summed E-state index contributed by atoms with van der Waals surface area (Å²) in [5.41, 5.74) is 0. The van der Waals surface area contributed by atoms with Gasteiger partial charge in [0.1, 0.15) is 12.4 Å². The standard InChI is InChI=1S/C16H26N4O3/c1-3-14-17-6-10-18(14)9-5-15(21)19-7-4-8-20(12-11-19)16(22)13-23-2/h6,10H,3-5,7-9,11-13H2,1-2H3. The van der Waals surface area contributed by atoms with Crippen molar-refractivity contribution in [2.75, 3.05) is 39.9 Å². The van der Waals surface area contributed by atoms with Crippen molar-refractivity contribution in [3.05, 3.63) is 18.2 Å². The highest BCUT2D eigenvalue weighted by Gasteiger charge is 2.21. The largest absolute Gasteiger partial charge is 0.375 e. The zero-order valence-corrected chi connectivity index (χ0v) is 14.0. The fourth-order valence-electron chi connectivity index (χ4n) is 2.86. The van der Waals surface area contributed by atoms with Gasteiger partial charge < -0.3 is 19.1 Å². The summed E-state index contributed by atoms with van der Waals surface area (Å²) in [6, 6.07) is 0. The van der Waals surface area contributed by atoms with Crippen LogP contribution in [0.15, 0.2) is 12.4 Å². The van der Waals surface area contributed by atoms with E-state index in [1.165, 1.54) is 7.11 Å². The Morgan fingerprint density at radius 3 is 2.52 bits per heavy atom. The van der Waals surface area contributed by atoms with E-state index in [1.807, 2.05) is 15.7 Å². The highest BCUT2D eigenvalue weighted by Crippen LogP contribution is 2.07. The summed E-state index contributed by atoms with van der Waals surface area (Å²) in [7, 11) is 1.52. The van der Waals surface area contributed by atoms with Crippen molar-refractivity contribution in [1.82, 2.24) is 19.4 Å². The maximum absolute atomic E-state index is 12.4. The van der Waals surface area contributed by atoms with Gasteiger partial charge in [-0.15, -0.1) is 0 Å². The summed E-state index contributed by atoms with van der Waals surface area (Å²) in [5, 5.41) is 0. The van der Waals surface area contributed by atoms with E-state index in [2.05, 4.69) is 11.9 Å². The third-order valence-corrected chi connectivity index (χ3v) is 4.15. The number of ether oxygens (including phenoxy) is 1. The molecule has 0 N–H and O–H groups in total. The number of methoxy groups -OCH3 is 1. The van der Waals surface area contributed by atoms with E-state index < -0.39 is 0 Å². The van der Waals surface area contributed by atoms with Gasteiger partial charge in [-0.05, 0) is 6.42 Å². The molecule has 0 saturated carbocycles. The first-order valence-electron chi connectivity index (χ1n) is 8.20. The first-order valence-corrected chi connectivity index (χ1v) is 8.20. The van der Waals surface area contributed by atoms with E-state index in [-0.39, 0.29) is 18.4 Å². The quantitative estimate of drug-likeness (QED) is 0.767. The Kier molecular flexibility index (Phi) is 6.58. The first kappa shape index (κ1) is 17.5. The minimum Gasteiger partial charge on any atom is -0.375 e. The molecule has 1 aliphatic heterocycles. The van der Waals surface area contributed by atoms with Crippen LogP contribution < -0.4 is 0 Å². The van der Waals surface area contributed by atoms with Gasteiger partial charge in [0, 0.05) is 65.1 Å². The number of carbonyl (C=O) groups is 2. The second-order valence-corrected chi connectivity index (χ2v) is 5.69. The zero-order valence-electron chi connectivity index (χ0n) is 14.0. The molecule has 2 amide bonds. The lowest BCUT2D eigenvalue weighted by Crippen LogP contribution is -2.38. The number of aryl methyl sites for hydroxylation is 2. The Labute approximate surface area is 137 Å². The van der Waals surface area contributed by atoms with Crippen molar-refractivity contribution in [2.45, 2.75) is 32.7 Å². The summed E-state index contributed by atoms with van der Waals surface area (Å²) in [5.74, 6) is 1.14. The van der Waals surface area contributed by atoms with Gasteiger partial charge in [0.05, 0.1) is 0 Å². The molecule has 128 valence electrons. The summed E-state index contributed by atoms with van der Waals surface area (Å²) in [4.78, 5) is 32.2. The Morgan fingerprint density at radius 2 is 1.87 bits per heavy atom. The van der Waals surface area contributed by atoms with Crippen molar-refractivity contribution in [2.24, 2.45) is 0 Å². The van der Waals surface area contributed by atoms with E-state index in [4.69, 9.17) is 4.74 Å². The number of aromatic nitrogens is 2. The molecule has 2 rings (SSSR count). The molecule has 0 spiro atoms. The van der Waals surface area contributed by atoms with Gasteiger partial charge >= 0.3 is 0 Å². The smallest absolute Gasteiger partial charge is 0.248 e. The predicted molar refractivity (Wildman–Crippen MR) is 85.9 cm³/mol. The maximum Gasteiger partial charge on any atom is 0.248 e. The lowest BCUT2D eigenvalue weighted by Gasteiger charge is -2.22. The van der Waals surface area contributed by atoms with Crippen LogP contribution in [0.4, 0.5) is 0 Å². The average molecular weight is 322 g/mol. The molecule has 7 heteroatoms. The molecule has 0 radical (unpaired) electrons. The van der Waals surface area contributed by atoms with Crippen LogP contribution in [0, 0.1) is 0 Å². The van der Waals surface area contributed by atoms with Crippen LogP contribution in [0.2, 0.25) is 0 Å². The average Bonchev–Trinajstić information content (AvgIpc) is 2.86. The third kappa shape index (κ3) is 4.79. The number of hydrogen-bond donors (Lipinski definition) is 0. The number of imidazole rings is 1. The van der Waals surface area contributed by atoms with Crippen molar-refractivity contribution < 1.29 is 14.3 Å². The lowest BCUT2D eigenvalue weighted by molar-refractivity contribution is -0.136. The Balaban J connectivity index is 1.82. The molecule has 1 aliphatic rings. The Hall–Kier alpha value is -1.89. The van der Waals surface area contributed by atoms with Crippen molar-refractivity contribution in [1.29, 1.82) is 0 Å². The second kappa shape index (κ2) is 8.67. The number of hydrogen-bond acceptors (Lipinski definition) is 4. The van der Waals surface area contributed by atoms with E-state index in [0.29, 0.717) is 39.1 Å². The van der Waals surface area contributed by atoms with Gasteiger partial charge in [-0.3, -0.25) is 9.59 Å². The molecule has 7 nitrogen and oxygen atoms in total. The predicted octanol–water partition coefficient (Wildman–Crippen LogP) is 0.543. The SMILES string of the molecule is CCc1nccn1CCC(=O)N1CCCN(C(=O)COC)CC1.